The lowest BCUT2D eigenvalue weighted by molar-refractivity contribution is 0.0812. The lowest BCUT2D eigenvalue weighted by Gasteiger charge is -2.16. The molecule has 0 saturated heterocycles. The first-order valence-corrected chi connectivity index (χ1v) is 4.26. The highest BCUT2D eigenvalue weighted by Gasteiger charge is 2.26. The van der Waals surface area contributed by atoms with E-state index in [0.29, 0.717) is 5.56 Å². The molecule has 66 valence electrons. The van der Waals surface area contributed by atoms with Crippen LogP contribution < -0.4 is 0 Å². The predicted molar refractivity (Wildman–Crippen MR) is 50.6 cm³/mol. The van der Waals surface area contributed by atoms with Gasteiger partial charge in [0.1, 0.15) is 0 Å². The monoisotopic (exact) mass is 194 g/mol. The first-order chi connectivity index (χ1) is 6.20. The Morgan fingerprint density at radius 3 is 2.77 bits per heavy atom. The van der Waals surface area contributed by atoms with Gasteiger partial charge in [-0.1, -0.05) is 35.9 Å². The molecule has 1 unspecified atom stereocenters. The molecule has 1 atom stereocenters. The second-order valence-electron chi connectivity index (χ2n) is 2.88. The largest absolute Gasteiger partial charge is 0.379 e. The summed E-state index contributed by atoms with van der Waals surface area (Å²) in [5.41, 5.74) is 1.29. The van der Waals surface area contributed by atoms with Crippen LogP contribution in [0.1, 0.15) is 15.9 Å². The van der Waals surface area contributed by atoms with Crippen molar-refractivity contribution in [3.05, 3.63) is 40.4 Å². The van der Waals surface area contributed by atoms with Crippen molar-refractivity contribution in [2.75, 3.05) is 0 Å². The summed E-state index contributed by atoms with van der Waals surface area (Å²) >= 11 is 5.68. The molecule has 3 heteroatoms. The van der Waals surface area contributed by atoms with Crippen molar-refractivity contribution in [1.29, 1.82) is 0 Å². The van der Waals surface area contributed by atoms with Gasteiger partial charge in [-0.25, -0.2) is 0 Å². The zero-order valence-corrected chi connectivity index (χ0v) is 7.45. The van der Waals surface area contributed by atoms with Crippen molar-refractivity contribution < 1.29 is 9.90 Å². The molecule has 0 amide bonds. The molecule has 0 aliphatic heterocycles. The number of halogens is 1. The van der Waals surface area contributed by atoms with Crippen LogP contribution in [-0.4, -0.2) is 17.0 Å². The van der Waals surface area contributed by atoms with Gasteiger partial charge in [-0.2, -0.15) is 0 Å². The molecular formula is C10H7ClO2. The Labute approximate surface area is 80.5 Å². The maximum atomic E-state index is 11.5. The molecule has 0 fully saturated rings. The van der Waals surface area contributed by atoms with Crippen LogP contribution in [0.5, 0.6) is 0 Å². The van der Waals surface area contributed by atoms with E-state index >= 15 is 0 Å². The van der Waals surface area contributed by atoms with Gasteiger partial charge in [0, 0.05) is 5.56 Å². The van der Waals surface area contributed by atoms with Crippen LogP contribution in [0.2, 0.25) is 0 Å². The third kappa shape index (κ3) is 1.28. The number of rotatable bonds is 0. The zero-order chi connectivity index (χ0) is 9.42. The van der Waals surface area contributed by atoms with E-state index in [-0.39, 0.29) is 10.8 Å². The maximum absolute atomic E-state index is 11.5. The van der Waals surface area contributed by atoms with E-state index in [1.54, 1.807) is 24.3 Å². The van der Waals surface area contributed by atoms with Crippen LogP contribution >= 0.6 is 11.6 Å². The molecule has 1 aromatic rings. The van der Waals surface area contributed by atoms with Gasteiger partial charge >= 0.3 is 0 Å². The Kier molecular flexibility index (Phi) is 1.94. The number of hydrogen-bond acceptors (Lipinski definition) is 2. The summed E-state index contributed by atoms with van der Waals surface area (Å²) < 4.78 is 0. The minimum atomic E-state index is -1.18. The van der Waals surface area contributed by atoms with Crippen molar-refractivity contribution >= 4 is 23.5 Å². The normalized spacial score (nSPS) is 20.9. The standard InChI is InChI=1S/C10H7ClO2/c11-8-5-6-3-1-2-4-7(6)9(12)10(8)13/h1-5,10,13H. The number of Topliss-reactive ketones (excluding diaryl/α,β-unsaturated/α-hetero) is 1. The number of carbonyl (C=O) groups excluding carboxylic acids is 1. The molecule has 0 radical (unpaired) electrons. The van der Waals surface area contributed by atoms with Gasteiger partial charge in [0.2, 0.25) is 0 Å². The number of ketones is 1. The average molecular weight is 195 g/mol. The molecule has 13 heavy (non-hydrogen) atoms. The summed E-state index contributed by atoms with van der Waals surface area (Å²) in [6.07, 6.45) is 0.430. The van der Waals surface area contributed by atoms with E-state index in [1.807, 2.05) is 6.07 Å². The average Bonchev–Trinajstić information content (AvgIpc) is 2.15. The predicted octanol–water partition coefficient (Wildman–Crippen LogP) is 1.82. The molecule has 0 spiro atoms. The first kappa shape index (κ1) is 8.48. The number of aliphatic hydroxyl groups excluding tert-OH is 1. The third-order valence-electron chi connectivity index (χ3n) is 2.03. The fourth-order valence-electron chi connectivity index (χ4n) is 1.35. The molecular weight excluding hydrogens is 188 g/mol. The van der Waals surface area contributed by atoms with Crippen molar-refractivity contribution in [2.24, 2.45) is 0 Å². The van der Waals surface area contributed by atoms with E-state index < -0.39 is 6.10 Å². The molecule has 0 bridgehead atoms. The topological polar surface area (TPSA) is 37.3 Å². The smallest absolute Gasteiger partial charge is 0.197 e. The van der Waals surface area contributed by atoms with Crippen molar-refractivity contribution in [2.45, 2.75) is 6.10 Å². The molecule has 1 aromatic carbocycles. The number of benzene rings is 1. The summed E-state index contributed by atoms with van der Waals surface area (Å²) in [7, 11) is 0. The van der Waals surface area contributed by atoms with Gasteiger partial charge < -0.3 is 5.11 Å². The van der Waals surface area contributed by atoms with E-state index in [9.17, 15) is 9.90 Å². The van der Waals surface area contributed by atoms with Gasteiger partial charge in [-0.3, -0.25) is 4.79 Å². The molecule has 0 saturated carbocycles. The van der Waals surface area contributed by atoms with Crippen LogP contribution in [0.25, 0.3) is 6.08 Å². The Bertz CT molecular complexity index is 396. The second kappa shape index (κ2) is 2.98. The minimum Gasteiger partial charge on any atom is -0.379 e. The molecule has 1 aliphatic rings. The minimum absolute atomic E-state index is 0.184. The van der Waals surface area contributed by atoms with Crippen molar-refractivity contribution in [1.82, 2.24) is 0 Å². The van der Waals surface area contributed by atoms with E-state index in [4.69, 9.17) is 11.6 Å². The van der Waals surface area contributed by atoms with E-state index in [0.717, 1.165) is 5.56 Å². The van der Waals surface area contributed by atoms with Crippen LogP contribution in [0, 0.1) is 0 Å². The first-order valence-electron chi connectivity index (χ1n) is 3.88. The van der Waals surface area contributed by atoms with Crippen LogP contribution in [0.15, 0.2) is 29.3 Å². The van der Waals surface area contributed by atoms with Crippen LogP contribution in [-0.2, 0) is 0 Å². The molecule has 1 N–H and O–H groups in total. The maximum Gasteiger partial charge on any atom is 0.197 e. The van der Waals surface area contributed by atoms with Gasteiger partial charge in [-0.15, -0.1) is 0 Å². The molecule has 0 aromatic heterocycles. The summed E-state index contributed by atoms with van der Waals surface area (Å²) in [6.45, 7) is 0. The lowest BCUT2D eigenvalue weighted by Crippen LogP contribution is -2.24. The summed E-state index contributed by atoms with van der Waals surface area (Å²) in [6, 6.07) is 7.06. The van der Waals surface area contributed by atoms with E-state index in [2.05, 4.69) is 0 Å². The number of hydrogen-bond donors (Lipinski definition) is 1. The summed E-state index contributed by atoms with van der Waals surface area (Å²) in [5, 5.41) is 9.53. The highest BCUT2D eigenvalue weighted by molar-refractivity contribution is 6.35. The van der Waals surface area contributed by atoms with Gasteiger partial charge in [0.05, 0.1) is 5.03 Å². The third-order valence-corrected chi connectivity index (χ3v) is 2.35. The summed E-state index contributed by atoms with van der Waals surface area (Å²) in [5.74, 6) is -0.330. The number of carbonyl (C=O) groups is 1. The van der Waals surface area contributed by atoms with Crippen LogP contribution in [0.3, 0.4) is 0 Å². The lowest BCUT2D eigenvalue weighted by atomic mass is 9.94. The van der Waals surface area contributed by atoms with E-state index in [1.165, 1.54) is 0 Å². The Balaban J connectivity index is 2.63. The van der Waals surface area contributed by atoms with Gasteiger partial charge in [0.15, 0.2) is 11.9 Å². The quantitative estimate of drug-likeness (QED) is 0.684. The van der Waals surface area contributed by atoms with Crippen molar-refractivity contribution in [3.63, 3.8) is 0 Å². The second-order valence-corrected chi connectivity index (χ2v) is 3.32. The molecule has 0 heterocycles. The molecule has 2 rings (SSSR count). The number of fused-ring (bicyclic) bond motifs is 1. The number of aliphatic hydroxyl groups is 1. The Morgan fingerprint density at radius 1 is 1.31 bits per heavy atom. The fourth-order valence-corrected chi connectivity index (χ4v) is 1.56. The van der Waals surface area contributed by atoms with Gasteiger partial charge in [-0.05, 0) is 11.6 Å². The highest BCUT2D eigenvalue weighted by Crippen LogP contribution is 2.25. The zero-order valence-electron chi connectivity index (χ0n) is 6.70. The molecule has 2 nitrogen and oxygen atoms in total. The SMILES string of the molecule is O=C1c2ccccc2C=C(Cl)C1O. The molecule has 1 aliphatic carbocycles. The van der Waals surface area contributed by atoms with Gasteiger partial charge in [0.25, 0.3) is 0 Å². The Morgan fingerprint density at radius 2 is 2.00 bits per heavy atom. The highest BCUT2D eigenvalue weighted by atomic mass is 35.5. The van der Waals surface area contributed by atoms with Crippen LogP contribution in [0.4, 0.5) is 0 Å². The fraction of sp³-hybridized carbons (Fsp3) is 0.100. The Hall–Kier alpha value is -1.12. The summed E-state index contributed by atoms with van der Waals surface area (Å²) in [4.78, 5) is 11.5. The van der Waals surface area contributed by atoms with Crippen molar-refractivity contribution in [3.8, 4) is 0 Å².